The van der Waals surface area contributed by atoms with E-state index in [9.17, 15) is 4.79 Å². The quantitative estimate of drug-likeness (QED) is 0.827. The van der Waals surface area contributed by atoms with E-state index >= 15 is 0 Å². The van der Waals surface area contributed by atoms with E-state index in [-0.39, 0.29) is 5.91 Å². The van der Waals surface area contributed by atoms with E-state index in [4.69, 9.17) is 0 Å². The van der Waals surface area contributed by atoms with Gasteiger partial charge in [0.1, 0.15) is 0 Å². The molecule has 0 saturated heterocycles. The van der Waals surface area contributed by atoms with Crippen molar-refractivity contribution in [1.82, 2.24) is 5.32 Å². The Balaban J connectivity index is 1.84. The maximum Gasteiger partial charge on any atom is 0.221 e. The third-order valence-corrected chi connectivity index (χ3v) is 4.50. The van der Waals surface area contributed by atoms with E-state index < -0.39 is 0 Å². The van der Waals surface area contributed by atoms with Crippen molar-refractivity contribution < 1.29 is 4.79 Å². The lowest BCUT2D eigenvalue weighted by atomic mass is 9.83. The SMILES string of the molecule is CCC(NCc1ccc(NC(C)=O)cc1)C1CCCCC1. The zero-order valence-electron chi connectivity index (χ0n) is 13.3. The summed E-state index contributed by atoms with van der Waals surface area (Å²) >= 11 is 0. The molecule has 1 unspecified atom stereocenters. The van der Waals surface area contributed by atoms with Gasteiger partial charge in [0.15, 0.2) is 0 Å². The van der Waals surface area contributed by atoms with Gasteiger partial charge in [-0.05, 0) is 42.9 Å². The van der Waals surface area contributed by atoms with Crippen molar-refractivity contribution in [1.29, 1.82) is 0 Å². The first-order chi connectivity index (χ1) is 10.2. The van der Waals surface area contributed by atoms with Crippen LogP contribution >= 0.6 is 0 Å². The second-order valence-electron chi connectivity index (χ2n) is 6.17. The lowest BCUT2D eigenvalue weighted by molar-refractivity contribution is -0.114. The van der Waals surface area contributed by atoms with Crippen LogP contribution in [-0.4, -0.2) is 11.9 Å². The Bertz CT molecular complexity index is 435. The molecule has 1 atom stereocenters. The van der Waals surface area contributed by atoms with Crippen LogP contribution in [0, 0.1) is 5.92 Å². The number of nitrogens with one attached hydrogen (secondary N) is 2. The standard InChI is InChI=1S/C18H28N2O/c1-3-18(16-7-5-4-6-8-16)19-13-15-9-11-17(12-10-15)20-14(2)21/h9-12,16,18-19H,3-8,13H2,1-2H3,(H,20,21). The number of carbonyl (C=O) groups excluding carboxylic acids is 1. The van der Waals surface area contributed by atoms with Gasteiger partial charge in [-0.25, -0.2) is 0 Å². The van der Waals surface area contributed by atoms with E-state index in [2.05, 4.69) is 29.7 Å². The summed E-state index contributed by atoms with van der Waals surface area (Å²) in [6.45, 7) is 4.73. The Kier molecular flexibility index (Phi) is 6.24. The minimum Gasteiger partial charge on any atom is -0.326 e. The zero-order chi connectivity index (χ0) is 15.1. The van der Waals surface area contributed by atoms with Crippen LogP contribution in [0.15, 0.2) is 24.3 Å². The van der Waals surface area contributed by atoms with E-state index in [1.54, 1.807) is 0 Å². The summed E-state index contributed by atoms with van der Waals surface area (Å²) in [5.41, 5.74) is 2.14. The predicted molar refractivity (Wildman–Crippen MR) is 88.2 cm³/mol. The van der Waals surface area contributed by atoms with Crippen LogP contribution < -0.4 is 10.6 Å². The normalized spacial score (nSPS) is 17.4. The molecule has 1 saturated carbocycles. The third-order valence-electron chi connectivity index (χ3n) is 4.50. The van der Waals surface area contributed by atoms with Gasteiger partial charge in [0.2, 0.25) is 5.91 Å². The fraction of sp³-hybridized carbons (Fsp3) is 0.611. The van der Waals surface area contributed by atoms with Crippen LogP contribution in [0.5, 0.6) is 0 Å². The predicted octanol–water partition coefficient (Wildman–Crippen LogP) is 4.09. The van der Waals surface area contributed by atoms with Crippen molar-refractivity contribution in [3.8, 4) is 0 Å². The molecule has 1 amide bonds. The molecular formula is C18H28N2O. The molecule has 116 valence electrons. The molecule has 3 heteroatoms. The summed E-state index contributed by atoms with van der Waals surface area (Å²) < 4.78 is 0. The number of hydrogen-bond donors (Lipinski definition) is 2. The number of hydrogen-bond acceptors (Lipinski definition) is 2. The van der Waals surface area contributed by atoms with Gasteiger partial charge in [0.05, 0.1) is 0 Å². The van der Waals surface area contributed by atoms with Crippen LogP contribution in [0.25, 0.3) is 0 Å². The molecule has 0 aromatic heterocycles. The molecule has 2 rings (SSSR count). The maximum absolute atomic E-state index is 11.0. The summed E-state index contributed by atoms with van der Waals surface area (Å²) in [5.74, 6) is 0.826. The van der Waals surface area contributed by atoms with Gasteiger partial charge in [-0.15, -0.1) is 0 Å². The van der Waals surface area contributed by atoms with Crippen molar-refractivity contribution in [3.63, 3.8) is 0 Å². The molecule has 1 aliphatic carbocycles. The average molecular weight is 288 g/mol. The molecule has 0 radical (unpaired) electrons. The van der Waals surface area contributed by atoms with Crippen LogP contribution in [-0.2, 0) is 11.3 Å². The van der Waals surface area contributed by atoms with Crippen molar-refractivity contribution in [2.45, 2.75) is 65.0 Å². The zero-order valence-corrected chi connectivity index (χ0v) is 13.3. The molecule has 1 aromatic carbocycles. The van der Waals surface area contributed by atoms with Gasteiger partial charge in [-0.3, -0.25) is 4.79 Å². The second-order valence-corrected chi connectivity index (χ2v) is 6.17. The summed E-state index contributed by atoms with van der Waals surface area (Å²) in [7, 11) is 0. The summed E-state index contributed by atoms with van der Waals surface area (Å²) in [6.07, 6.45) is 8.18. The van der Waals surface area contributed by atoms with Crippen molar-refractivity contribution in [2.75, 3.05) is 5.32 Å². The smallest absolute Gasteiger partial charge is 0.221 e. The van der Waals surface area contributed by atoms with Crippen LogP contribution in [0.2, 0.25) is 0 Å². The lowest BCUT2D eigenvalue weighted by Gasteiger charge is -2.30. The monoisotopic (exact) mass is 288 g/mol. The second kappa shape index (κ2) is 8.18. The average Bonchev–Trinajstić information content (AvgIpc) is 2.50. The fourth-order valence-corrected chi connectivity index (χ4v) is 3.34. The lowest BCUT2D eigenvalue weighted by Crippen LogP contribution is -2.36. The number of anilines is 1. The number of rotatable bonds is 6. The molecule has 0 heterocycles. The molecule has 1 aromatic rings. The van der Waals surface area contributed by atoms with Gasteiger partial charge >= 0.3 is 0 Å². The largest absolute Gasteiger partial charge is 0.326 e. The highest BCUT2D eigenvalue weighted by Gasteiger charge is 2.21. The van der Waals surface area contributed by atoms with Gasteiger partial charge in [0.25, 0.3) is 0 Å². The number of amides is 1. The fourth-order valence-electron chi connectivity index (χ4n) is 3.34. The van der Waals surface area contributed by atoms with Gasteiger partial charge < -0.3 is 10.6 Å². The summed E-state index contributed by atoms with van der Waals surface area (Å²) in [6, 6.07) is 8.76. The highest BCUT2D eigenvalue weighted by Crippen LogP contribution is 2.27. The van der Waals surface area contributed by atoms with E-state index in [1.165, 1.54) is 51.0 Å². The van der Waals surface area contributed by atoms with Crippen LogP contribution in [0.4, 0.5) is 5.69 Å². The van der Waals surface area contributed by atoms with Crippen molar-refractivity contribution >= 4 is 11.6 Å². The summed E-state index contributed by atoms with van der Waals surface area (Å²) in [4.78, 5) is 11.0. The van der Waals surface area contributed by atoms with Crippen molar-refractivity contribution in [2.24, 2.45) is 5.92 Å². The van der Waals surface area contributed by atoms with E-state index in [0.717, 1.165) is 18.2 Å². The van der Waals surface area contributed by atoms with E-state index in [0.29, 0.717) is 6.04 Å². The topological polar surface area (TPSA) is 41.1 Å². The van der Waals surface area contributed by atoms with Crippen LogP contribution in [0.1, 0.15) is 57.9 Å². The molecule has 0 bridgehead atoms. The molecule has 1 aliphatic rings. The molecule has 3 nitrogen and oxygen atoms in total. The summed E-state index contributed by atoms with van der Waals surface area (Å²) in [5, 5.41) is 6.53. The minimum atomic E-state index is -0.0239. The molecule has 2 N–H and O–H groups in total. The van der Waals surface area contributed by atoms with Gasteiger partial charge in [0, 0.05) is 25.2 Å². The minimum absolute atomic E-state index is 0.0239. The molecule has 0 aliphatic heterocycles. The first-order valence-electron chi connectivity index (χ1n) is 8.29. The highest BCUT2D eigenvalue weighted by molar-refractivity contribution is 5.88. The van der Waals surface area contributed by atoms with E-state index in [1.807, 2.05) is 12.1 Å². The molecular weight excluding hydrogens is 260 g/mol. The molecule has 0 spiro atoms. The maximum atomic E-state index is 11.0. The van der Waals surface area contributed by atoms with Crippen molar-refractivity contribution in [3.05, 3.63) is 29.8 Å². The molecule has 1 fully saturated rings. The first kappa shape index (κ1) is 16.0. The molecule has 21 heavy (non-hydrogen) atoms. The Morgan fingerprint density at radius 2 is 1.86 bits per heavy atom. The number of carbonyl (C=O) groups is 1. The Labute approximate surface area is 128 Å². The van der Waals surface area contributed by atoms with Crippen LogP contribution in [0.3, 0.4) is 0 Å². The highest BCUT2D eigenvalue weighted by atomic mass is 16.1. The Morgan fingerprint density at radius 1 is 1.19 bits per heavy atom. The van der Waals surface area contributed by atoms with Gasteiger partial charge in [-0.2, -0.15) is 0 Å². The third kappa shape index (κ3) is 5.16. The number of benzene rings is 1. The first-order valence-corrected chi connectivity index (χ1v) is 8.29. The Morgan fingerprint density at radius 3 is 2.43 bits per heavy atom. The van der Waals surface area contributed by atoms with Gasteiger partial charge in [-0.1, -0.05) is 38.3 Å². The Hall–Kier alpha value is -1.35.